The number of fused-ring (bicyclic) bond motifs is 2. The molecule has 4 N–H and O–H groups in total. The summed E-state index contributed by atoms with van der Waals surface area (Å²) in [6, 6.07) is 5.39. The Bertz CT molecular complexity index is 1410. The Morgan fingerprint density at radius 1 is 1.19 bits per heavy atom. The number of anilines is 3. The highest BCUT2D eigenvalue weighted by Gasteiger charge is 2.22. The van der Waals surface area contributed by atoms with Crippen molar-refractivity contribution in [3.63, 3.8) is 0 Å². The first-order valence-electron chi connectivity index (χ1n) is 10.5. The lowest BCUT2D eigenvalue weighted by atomic mass is 9.94. The van der Waals surface area contributed by atoms with E-state index in [0.717, 1.165) is 32.4 Å². The van der Waals surface area contributed by atoms with Crippen LogP contribution in [0.2, 0.25) is 0 Å². The van der Waals surface area contributed by atoms with Crippen LogP contribution in [0.4, 0.5) is 17.5 Å². The number of hydrogen-bond donors (Lipinski definition) is 4. The van der Waals surface area contributed by atoms with Crippen molar-refractivity contribution >= 4 is 45.6 Å². The molecule has 0 radical (unpaired) electrons. The van der Waals surface area contributed by atoms with E-state index in [1.165, 1.54) is 6.20 Å². The van der Waals surface area contributed by atoms with Crippen LogP contribution in [0.5, 0.6) is 0 Å². The van der Waals surface area contributed by atoms with Gasteiger partial charge >= 0.3 is 5.69 Å². The minimum atomic E-state index is -0.370. The van der Waals surface area contributed by atoms with Crippen LogP contribution in [0, 0.1) is 5.92 Å². The Morgan fingerprint density at radius 3 is 2.81 bits per heavy atom. The molecule has 0 atom stereocenters. The van der Waals surface area contributed by atoms with E-state index in [-0.39, 0.29) is 11.2 Å². The molecule has 0 amide bonds. The third-order valence-corrected chi connectivity index (χ3v) is 5.80. The van der Waals surface area contributed by atoms with Crippen LogP contribution in [-0.2, 0) is 0 Å². The van der Waals surface area contributed by atoms with E-state index in [0.29, 0.717) is 45.3 Å². The SMILES string of the molecule is CN=CCC1CCN(c2nc(Nc3ccc4[nH]c(=O)[nH]c4c3)c3c(=O)[nH]ncc3n2)CC1. The fourth-order valence-electron chi connectivity index (χ4n) is 4.09. The third kappa shape index (κ3) is 3.84. The third-order valence-electron chi connectivity index (χ3n) is 5.80. The van der Waals surface area contributed by atoms with E-state index in [2.05, 4.69) is 40.4 Å². The van der Waals surface area contributed by atoms with E-state index in [9.17, 15) is 9.59 Å². The smallest absolute Gasteiger partial charge is 0.323 e. The van der Waals surface area contributed by atoms with Gasteiger partial charge in [0.25, 0.3) is 5.56 Å². The van der Waals surface area contributed by atoms with Crippen molar-refractivity contribution in [2.75, 3.05) is 30.4 Å². The number of aliphatic imine (C=N–C) groups is 1. The molecule has 32 heavy (non-hydrogen) atoms. The van der Waals surface area contributed by atoms with Gasteiger partial charge in [-0.1, -0.05) is 0 Å². The zero-order valence-electron chi connectivity index (χ0n) is 17.6. The first kappa shape index (κ1) is 19.9. The van der Waals surface area contributed by atoms with E-state index < -0.39 is 0 Å². The van der Waals surface area contributed by atoms with E-state index in [1.54, 1.807) is 19.2 Å². The Kier molecular flexibility index (Phi) is 5.13. The molecule has 0 saturated carbocycles. The van der Waals surface area contributed by atoms with Gasteiger partial charge < -0.3 is 25.2 Å². The molecular formula is C21H23N9O2. The fraction of sp³-hybridized carbons (Fsp3) is 0.333. The summed E-state index contributed by atoms with van der Waals surface area (Å²) < 4.78 is 0. The highest BCUT2D eigenvalue weighted by Crippen LogP contribution is 2.27. The number of nitrogens with zero attached hydrogens (tertiary/aromatic N) is 5. The fourth-order valence-corrected chi connectivity index (χ4v) is 4.09. The van der Waals surface area contributed by atoms with Crippen LogP contribution in [0.1, 0.15) is 19.3 Å². The average Bonchev–Trinajstić information content (AvgIpc) is 3.17. The summed E-state index contributed by atoms with van der Waals surface area (Å²) in [7, 11) is 1.80. The second-order valence-electron chi connectivity index (χ2n) is 7.90. The van der Waals surface area contributed by atoms with Gasteiger partial charge in [0, 0.05) is 25.8 Å². The number of hydrogen-bond acceptors (Lipinski definition) is 8. The lowest BCUT2D eigenvalue weighted by molar-refractivity contribution is 0.416. The van der Waals surface area contributed by atoms with Crippen LogP contribution < -0.4 is 21.5 Å². The monoisotopic (exact) mass is 433 g/mol. The largest absolute Gasteiger partial charge is 0.341 e. The molecule has 1 aliphatic rings. The summed E-state index contributed by atoms with van der Waals surface area (Å²) in [5.74, 6) is 1.56. The first-order chi connectivity index (χ1) is 15.6. The molecule has 5 rings (SSSR count). The minimum absolute atomic E-state index is 0.275. The molecule has 4 heterocycles. The zero-order valence-corrected chi connectivity index (χ0v) is 17.6. The number of imidazole rings is 1. The summed E-state index contributed by atoms with van der Waals surface area (Å²) in [6.07, 6.45) is 6.55. The molecule has 4 aromatic rings. The summed E-state index contributed by atoms with van der Waals surface area (Å²) in [4.78, 5) is 45.1. The van der Waals surface area contributed by atoms with Crippen molar-refractivity contribution in [3.8, 4) is 0 Å². The van der Waals surface area contributed by atoms with Gasteiger partial charge in [0.15, 0.2) is 0 Å². The first-order valence-corrected chi connectivity index (χ1v) is 10.5. The summed E-state index contributed by atoms with van der Waals surface area (Å²) in [5, 5.41) is 9.92. The van der Waals surface area contributed by atoms with Crippen LogP contribution in [0.3, 0.4) is 0 Å². The maximum atomic E-state index is 12.5. The molecule has 1 saturated heterocycles. The maximum Gasteiger partial charge on any atom is 0.323 e. The standard InChI is InChI=1S/C21H23N9O2/c1-22-7-4-12-5-8-30(9-6-12)20-25-16-11-23-29-19(31)17(16)18(28-20)24-13-2-3-14-15(10-13)27-21(32)26-14/h2-3,7,10-12H,4-6,8-9H2,1H3,(H,29,31)(H,24,25,28)(H2,26,27,32). The summed E-state index contributed by atoms with van der Waals surface area (Å²) >= 11 is 0. The molecule has 11 heteroatoms. The zero-order chi connectivity index (χ0) is 22.1. The van der Waals surface area contributed by atoms with Crippen LogP contribution in [-0.4, -0.2) is 56.5 Å². The summed E-state index contributed by atoms with van der Waals surface area (Å²) in [5.41, 5.74) is 1.87. The molecule has 0 aliphatic carbocycles. The number of aromatic amines is 3. The van der Waals surface area contributed by atoms with Gasteiger partial charge in [0.2, 0.25) is 5.95 Å². The number of nitrogens with one attached hydrogen (secondary N) is 4. The van der Waals surface area contributed by atoms with E-state index in [4.69, 9.17) is 4.98 Å². The molecule has 3 aromatic heterocycles. The number of piperidine rings is 1. The number of aromatic nitrogens is 6. The number of benzene rings is 1. The van der Waals surface area contributed by atoms with Crippen molar-refractivity contribution in [1.82, 2.24) is 30.1 Å². The Balaban J connectivity index is 1.49. The topological polar surface area (TPSA) is 148 Å². The number of rotatable bonds is 5. The predicted octanol–water partition coefficient (Wildman–Crippen LogP) is 1.93. The van der Waals surface area contributed by atoms with Gasteiger partial charge in [-0.2, -0.15) is 10.1 Å². The van der Waals surface area contributed by atoms with Gasteiger partial charge in [0.05, 0.1) is 17.2 Å². The Hall–Kier alpha value is -4.02. The molecule has 0 spiro atoms. The molecular weight excluding hydrogens is 410 g/mol. The van der Waals surface area contributed by atoms with Crippen LogP contribution in [0.25, 0.3) is 21.9 Å². The van der Waals surface area contributed by atoms with Gasteiger partial charge in [-0.05, 0) is 49.6 Å². The highest BCUT2D eigenvalue weighted by atomic mass is 16.1. The second kappa shape index (κ2) is 8.25. The maximum absolute atomic E-state index is 12.5. The summed E-state index contributed by atoms with van der Waals surface area (Å²) in [6.45, 7) is 1.67. The van der Waals surface area contributed by atoms with Gasteiger partial charge in [-0.3, -0.25) is 4.79 Å². The average molecular weight is 433 g/mol. The molecule has 0 unspecified atom stereocenters. The Labute approximate surface area is 182 Å². The lowest BCUT2D eigenvalue weighted by Gasteiger charge is -2.31. The van der Waals surface area contributed by atoms with Crippen molar-refractivity contribution in [2.24, 2.45) is 10.9 Å². The van der Waals surface area contributed by atoms with E-state index >= 15 is 0 Å². The minimum Gasteiger partial charge on any atom is -0.341 e. The van der Waals surface area contributed by atoms with Crippen LogP contribution in [0.15, 0.2) is 39.0 Å². The molecule has 0 bridgehead atoms. The van der Waals surface area contributed by atoms with Crippen molar-refractivity contribution in [1.29, 1.82) is 0 Å². The van der Waals surface area contributed by atoms with Crippen LogP contribution >= 0.6 is 0 Å². The normalized spacial score (nSPS) is 15.2. The van der Waals surface area contributed by atoms with Crippen molar-refractivity contribution in [2.45, 2.75) is 19.3 Å². The molecule has 1 fully saturated rings. The van der Waals surface area contributed by atoms with Crippen molar-refractivity contribution in [3.05, 3.63) is 45.2 Å². The molecule has 1 aliphatic heterocycles. The highest BCUT2D eigenvalue weighted by molar-refractivity contribution is 5.91. The van der Waals surface area contributed by atoms with Gasteiger partial charge in [-0.25, -0.2) is 14.9 Å². The van der Waals surface area contributed by atoms with Gasteiger partial charge in [-0.15, -0.1) is 0 Å². The molecule has 164 valence electrons. The Morgan fingerprint density at radius 2 is 2.00 bits per heavy atom. The quantitative estimate of drug-likeness (QED) is 0.352. The number of H-pyrrole nitrogens is 3. The molecule has 11 nitrogen and oxygen atoms in total. The van der Waals surface area contributed by atoms with Crippen molar-refractivity contribution < 1.29 is 0 Å². The predicted molar refractivity (Wildman–Crippen MR) is 124 cm³/mol. The lowest BCUT2D eigenvalue weighted by Crippen LogP contribution is -2.35. The van der Waals surface area contributed by atoms with E-state index in [1.807, 2.05) is 12.3 Å². The van der Waals surface area contributed by atoms with Gasteiger partial charge in [0.1, 0.15) is 16.7 Å². The molecule has 1 aromatic carbocycles. The second-order valence-corrected chi connectivity index (χ2v) is 7.90.